The Hall–Kier alpha value is -2.93. The topological polar surface area (TPSA) is 78.9 Å². The summed E-state index contributed by atoms with van der Waals surface area (Å²) in [5.41, 5.74) is 2.73. The van der Waals surface area contributed by atoms with Crippen molar-refractivity contribution in [2.75, 3.05) is 16.0 Å². The summed E-state index contributed by atoms with van der Waals surface area (Å²) < 4.78 is 1.02. The molecule has 3 N–H and O–H groups in total. The molecule has 0 aliphatic heterocycles. The van der Waals surface area contributed by atoms with Crippen LogP contribution in [0.5, 0.6) is 0 Å². The highest BCUT2D eigenvalue weighted by Crippen LogP contribution is 2.23. The van der Waals surface area contributed by atoms with E-state index in [4.69, 9.17) is 0 Å². The Kier molecular flexibility index (Phi) is 5.25. The van der Waals surface area contributed by atoms with Crippen LogP contribution in [-0.2, 0) is 0 Å². The Morgan fingerprint density at radius 3 is 2.32 bits per heavy atom. The largest absolute Gasteiger partial charge is 0.339 e. The van der Waals surface area contributed by atoms with Crippen LogP contribution in [0.25, 0.3) is 0 Å². The minimum Gasteiger partial charge on any atom is -0.339 e. The number of aromatic nitrogens is 2. The molecule has 0 aliphatic carbocycles. The van der Waals surface area contributed by atoms with Gasteiger partial charge >= 0.3 is 6.03 Å². The smallest absolute Gasteiger partial charge is 0.324 e. The quantitative estimate of drug-likeness (QED) is 0.582. The van der Waals surface area contributed by atoms with Crippen molar-refractivity contribution in [1.29, 1.82) is 0 Å². The van der Waals surface area contributed by atoms with Crippen LogP contribution in [0.3, 0.4) is 0 Å². The molecule has 0 atom stereocenters. The van der Waals surface area contributed by atoms with E-state index < -0.39 is 0 Å². The molecule has 1 aromatic heterocycles. The first-order chi connectivity index (χ1) is 12.1. The fourth-order valence-electron chi connectivity index (χ4n) is 2.17. The number of urea groups is 1. The molecule has 0 radical (unpaired) electrons. The summed E-state index contributed by atoms with van der Waals surface area (Å²) in [7, 11) is 0. The van der Waals surface area contributed by atoms with E-state index in [9.17, 15) is 4.79 Å². The second-order valence-electron chi connectivity index (χ2n) is 5.33. The Labute approximate surface area is 153 Å². The van der Waals surface area contributed by atoms with Crippen molar-refractivity contribution in [3.8, 4) is 0 Å². The summed E-state index contributed by atoms with van der Waals surface area (Å²) in [5, 5.41) is 16.7. The standard InChI is InChI=1S/C18H16BrN5O/c1-12-11-13(19)7-8-15(12)21-16-9-10-17(24-23-16)22-18(25)20-14-5-3-2-4-6-14/h2-11H,1H3,(H,21,23)(H2,20,22,24,25). The van der Waals surface area contributed by atoms with Gasteiger partial charge in [-0.1, -0.05) is 34.1 Å². The number of rotatable bonds is 4. The van der Waals surface area contributed by atoms with Gasteiger partial charge in [0, 0.05) is 15.8 Å². The zero-order valence-electron chi connectivity index (χ0n) is 13.5. The molecule has 25 heavy (non-hydrogen) atoms. The van der Waals surface area contributed by atoms with Gasteiger partial charge in [-0.3, -0.25) is 5.32 Å². The maximum atomic E-state index is 11.9. The molecule has 3 rings (SSSR count). The monoisotopic (exact) mass is 397 g/mol. The van der Waals surface area contributed by atoms with E-state index in [1.807, 2.05) is 43.3 Å². The molecule has 6 nitrogen and oxygen atoms in total. The van der Waals surface area contributed by atoms with Crippen molar-refractivity contribution in [2.24, 2.45) is 0 Å². The lowest BCUT2D eigenvalue weighted by molar-refractivity contribution is 0.262. The van der Waals surface area contributed by atoms with E-state index in [0.717, 1.165) is 15.7 Å². The van der Waals surface area contributed by atoms with Crippen LogP contribution in [0, 0.1) is 6.92 Å². The number of carbonyl (C=O) groups excluding carboxylic acids is 1. The molecule has 0 unspecified atom stereocenters. The molecule has 0 spiro atoms. The molecule has 1 heterocycles. The van der Waals surface area contributed by atoms with Crippen LogP contribution >= 0.6 is 15.9 Å². The summed E-state index contributed by atoms with van der Waals surface area (Å²) in [4.78, 5) is 11.9. The third kappa shape index (κ3) is 4.77. The summed E-state index contributed by atoms with van der Waals surface area (Å²) in [6.45, 7) is 2.00. The van der Waals surface area contributed by atoms with Gasteiger partial charge in [0.05, 0.1) is 0 Å². The third-order valence-electron chi connectivity index (χ3n) is 3.39. The molecule has 0 aliphatic rings. The fourth-order valence-corrected chi connectivity index (χ4v) is 2.65. The van der Waals surface area contributed by atoms with Gasteiger partial charge < -0.3 is 10.6 Å². The Morgan fingerprint density at radius 2 is 1.64 bits per heavy atom. The van der Waals surface area contributed by atoms with Gasteiger partial charge in [0.25, 0.3) is 0 Å². The number of hydrogen-bond donors (Lipinski definition) is 3. The SMILES string of the molecule is Cc1cc(Br)ccc1Nc1ccc(NC(=O)Nc2ccccc2)nn1. The van der Waals surface area contributed by atoms with Gasteiger partial charge in [0.2, 0.25) is 0 Å². The zero-order valence-corrected chi connectivity index (χ0v) is 15.0. The van der Waals surface area contributed by atoms with E-state index in [-0.39, 0.29) is 6.03 Å². The molecule has 0 saturated heterocycles. The average Bonchev–Trinajstić information content (AvgIpc) is 2.60. The highest BCUT2D eigenvalue weighted by molar-refractivity contribution is 9.10. The molecule has 0 saturated carbocycles. The Bertz CT molecular complexity index is 868. The molecule has 7 heteroatoms. The summed E-state index contributed by atoms with van der Waals surface area (Å²) >= 11 is 3.44. The molecule has 0 bridgehead atoms. The van der Waals surface area contributed by atoms with Gasteiger partial charge in [-0.2, -0.15) is 0 Å². The number of benzene rings is 2. The number of nitrogens with one attached hydrogen (secondary N) is 3. The van der Waals surface area contributed by atoms with Crippen molar-refractivity contribution in [2.45, 2.75) is 6.92 Å². The number of halogens is 1. The number of aryl methyl sites for hydroxylation is 1. The molecule has 3 aromatic rings. The van der Waals surface area contributed by atoms with E-state index in [0.29, 0.717) is 17.3 Å². The predicted molar refractivity (Wildman–Crippen MR) is 103 cm³/mol. The number of nitrogens with zero attached hydrogens (tertiary/aromatic N) is 2. The molecule has 2 aromatic carbocycles. The zero-order chi connectivity index (χ0) is 17.6. The number of carbonyl (C=O) groups is 1. The van der Waals surface area contributed by atoms with E-state index >= 15 is 0 Å². The fraction of sp³-hybridized carbons (Fsp3) is 0.0556. The molecule has 0 fully saturated rings. The Balaban J connectivity index is 1.61. The van der Waals surface area contributed by atoms with Crippen LogP contribution in [-0.4, -0.2) is 16.2 Å². The maximum absolute atomic E-state index is 11.9. The number of amides is 2. The van der Waals surface area contributed by atoms with Crippen molar-refractivity contribution in [3.05, 3.63) is 70.7 Å². The van der Waals surface area contributed by atoms with Crippen LogP contribution in [0.2, 0.25) is 0 Å². The van der Waals surface area contributed by atoms with Crippen LogP contribution in [0.4, 0.5) is 27.8 Å². The predicted octanol–water partition coefficient (Wildman–Crippen LogP) is 4.94. The second-order valence-corrected chi connectivity index (χ2v) is 6.25. The van der Waals surface area contributed by atoms with Crippen molar-refractivity contribution in [3.63, 3.8) is 0 Å². The van der Waals surface area contributed by atoms with Gasteiger partial charge in [-0.05, 0) is 55.0 Å². The minimum atomic E-state index is -0.370. The number of para-hydroxylation sites is 1. The number of hydrogen-bond acceptors (Lipinski definition) is 4. The van der Waals surface area contributed by atoms with Gasteiger partial charge in [0.15, 0.2) is 11.6 Å². The first-order valence-corrected chi connectivity index (χ1v) is 8.39. The average molecular weight is 398 g/mol. The lowest BCUT2D eigenvalue weighted by Gasteiger charge is -2.10. The first kappa shape index (κ1) is 16.9. The summed E-state index contributed by atoms with van der Waals surface area (Å²) in [6.07, 6.45) is 0. The maximum Gasteiger partial charge on any atom is 0.324 e. The summed E-state index contributed by atoms with van der Waals surface area (Å²) in [6, 6.07) is 18.2. The van der Waals surface area contributed by atoms with Crippen LogP contribution < -0.4 is 16.0 Å². The summed E-state index contributed by atoms with van der Waals surface area (Å²) in [5.74, 6) is 0.964. The third-order valence-corrected chi connectivity index (χ3v) is 3.88. The molecule has 2 amide bonds. The van der Waals surface area contributed by atoms with E-state index in [1.165, 1.54) is 0 Å². The van der Waals surface area contributed by atoms with Crippen molar-refractivity contribution < 1.29 is 4.79 Å². The first-order valence-electron chi connectivity index (χ1n) is 7.60. The Morgan fingerprint density at radius 1 is 0.920 bits per heavy atom. The second kappa shape index (κ2) is 7.76. The van der Waals surface area contributed by atoms with E-state index in [2.05, 4.69) is 42.1 Å². The number of anilines is 4. The molecule has 126 valence electrons. The van der Waals surface area contributed by atoms with Crippen molar-refractivity contribution >= 4 is 45.0 Å². The highest BCUT2D eigenvalue weighted by atomic mass is 79.9. The van der Waals surface area contributed by atoms with Gasteiger partial charge in [-0.15, -0.1) is 10.2 Å². The van der Waals surface area contributed by atoms with Gasteiger partial charge in [-0.25, -0.2) is 4.79 Å². The van der Waals surface area contributed by atoms with Crippen molar-refractivity contribution in [1.82, 2.24) is 10.2 Å². The normalized spacial score (nSPS) is 10.2. The molecular weight excluding hydrogens is 382 g/mol. The van der Waals surface area contributed by atoms with Gasteiger partial charge in [0.1, 0.15) is 0 Å². The lowest BCUT2D eigenvalue weighted by Crippen LogP contribution is -2.20. The van der Waals surface area contributed by atoms with Crippen LogP contribution in [0.15, 0.2) is 65.1 Å². The van der Waals surface area contributed by atoms with Crippen LogP contribution in [0.1, 0.15) is 5.56 Å². The minimum absolute atomic E-state index is 0.367. The van der Waals surface area contributed by atoms with E-state index in [1.54, 1.807) is 24.3 Å². The lowest BCUT2D eigenvalue weighted by atomic mass is 10.2. The highest BCUT2D eigenvalue weighted by Gasteiger charge is 2.05. The molecular formula is C18H16BrN5O.